The standard InChI is InChI=1S/C9H10O2.2C3H4O2/c1-5-6(2)7(3)8(4)9(10)11;2*1-2-3(4)5/h5H,1-4H2,(H,10,11);2*2H,1H2,(H,4,5). The van der Waals surface area contributed by atoms with Crippen LogP contribution >= 0.6 is 0 Å². The maximum Gasteiger partial charge on any atom is 0.335 e. The summed E-state index contributed by atoms with van der Waals surface area (Å²) in [5.74, 6) is -3.05. The third-order valence-corrected chi connectivity index (χ3v) is 1.61. The number of carbonyl (C=O) groups is 3. The summed E-state index contributed by atoms with van der Waals surface area (Å²) in [6.45, 7) is 19.7. The van der Waals surface area contributed by atoms with E-state index in [9.17, 15) is 14.4 Å². The highest BCUT2D eigenvalue weighted by molar-refractivity contribution is 5.92. The summed E-state index contributed by atoms with van der Waals surface area (Å²) < 4.78 is 0. The number of allylic oxidation sites excluding steroid dienone is 2. The van der Waals surface area contributed by atoms with Crippen molar-refractivity contribution in [1.82, 2.24) is 0 Å². The van der Waals surface area contributed by atoms with E-state index in [1.165, 1.54) is 6.08 Å². The smallest absolute Gasteiger partial charge is 0.335 e. The topological polar surface area (TPSA) is 112 Å². The molecule has 0 aliphatic heterocycles. The summed E-state index contributed by atoms with van der Waals surface area (Å²) in [6.07, 6.45) is 3.11. The second kappa shape index (κ2) is 13.3. The Bertz CT molecular complexity index is 464. The van der Waals surface area contributed by atoms with Crippen molar-refractivity contribution in [3.63, 3.8) is 0 Å². The minimum atomic E-state index is -1.09. The molecule has 0 atom stereocenters. The van der Waals surface area contributed by atoms with Crippen LogP contribution in [0.4, 0.5) is 0 Å². The molecule has 6 nitrogen and oxygen atoms in total. The number of carboxylic acids is 3. The highest BCUT2D eigenvalue weighted by Gasteiger charge is 2.08. The van der Waals surface area contributed by atoms with Crippen LogP contribution in [0, 0.1) is 0 Å². The van der Waals surface area contributed by atoms with Crippen LogP contribution in [0.25, 0.3) is 0 Å². The van der Waals surface area contributed by atoms with E-state index in [1.54, 1.807) is 0 Å². The maximum absolute atomic E-state index is 10.3. The Hall–Kier alpha value is -3.15. The van der Waals surface area contributed by atoms with E-state index in [0.29, 0.717) is 11.1 Å². The second-order valence-electron chi connectivity index (χ2n) is 3.08. The van der Waals surface area contributed by atoms with Gasteiger partial charge in [-0.3, -0.25) is 0 Å². The van der Waals surface area contributed by atoms with Gasteiger partial charge < -0.3 is 15.3 Å². The van der Waals surface area contributed by atoms with E-state index in [1.807, 2.05) is 0 Å². The van der Waals surface area contributed by atoms with Gasteiger partial charge in [0.15, 0.2) is 0 Å². The molecule has 3 N–H and O–H groups in total. The van der Waals surface area contributed by atoms with E-state index in [0.717, 1.165) is 12.2 Å². The van der Waals surface area contributed by atoms with Crippen molar-refractivity contribution in [2.24, 2.45) is 0 Å². The van der Waals surface area contributed by atoms with Crippen LogP contribution in [0.1, 0.15) is 0 Å². The first-order valence-corrected chi connectivity index (χ1v) is 5.18. The molecule has 6 heteroatoms. The van der Waals surface area contributed by atoms with Gasteiger partial charge in [0.25, 0.3) is 0 Å². The van der Waals surface area contributed by atoms with Crippen LogP contribution in [-0.4, -0.2) is 33.2 Å². The van der Waals surface area contributed by atoms with Gasteiger partial charge >= 0.3 is 17.9 Å². The van der Waals surface area contributed by atoms with Crippen molar-refractivity contribution < 1.29 is 29.7 Å². The van der Waals surface area contributed by atoms with Crippen molar-refractivity contribution in [2.75, 3.05) is 0 Å². The fourth-order valence-electron chi connectivity index (χ4n) is 0.446. The Balaban J connectivity index is -0.000000270. The van der Waals surface area contributed by atoms with E-state index in [2.05, 4.69) is 39.5 Å². The van der Waals surface area contributed by atoms with E-state index in [-0.39, 0.29) is 5.57 Å². The lowest BCUT2D eigenvalue weighted by Gasteiger charge is -2.02. The lowest BCUT2D eigenvalue weighted by Crippen LogP contribution is -2.01. The molecule has 114 valence electrons. The summed E-state index contributed by atoms with van der Waals surface area (Å²) in [4.78, 5) is 28.8. The molecule has 0 heterocycles. The predicted octanol–water partition coefficient (Wildman–Crippen LogP) is 2.44. The van der Waals surface area contributed by atoms with Gasteiger partial charge in [-0.1, -0.05) is 45.5 Å². The quantitative estimate of drug-likeness (QED) is 0.512. The molecule has 0 saturated heterocycles. The molecule has 0 rings (SSSR count). The van der Waals surface area contributed by atoms with Crippen molar-refractivity contribution in [1.29, 1.82) is 0 Å². The SMILES string of the molecule is C=CC(=C)C(=C)C(=C)C(=O)O.C=CC(=O)O.C=CC(=O)O. The second-order valence-corrected chi connectivity index (χ2v) is 3.08. The van der Waals surface area contributed by atoms with Crippen LogP contribution in [-0.2, 0) is 14.4 Å². The van der Waals surface area contributed by atoms with Gasteiger partial charge in [0.05, 0.1) is 5.57 Å². The molecule has 0 aliphatic rings. The van der Waals surface area contributed by atoms with Crippen molar-refractivity contribution >= 4 is 17.9 Å². The lowest BCUT2D eigenvalue weighted by atomic mass is 10.0. The van der Waals surface area contributed by atoms with Crippen LogP contribution in [0.2, 0.25) is 0 Å². The first-order valence-electron chi connectivity index (χ1n) is 5.18. The summed E-state index contributed by atoms with van der Waals surface area (Å²) in [6, 6.07) is 0. The van der Waals surface area contributed by atoms with Gasteiger partial charge in [0.1, 0.15) is 0 Å². The monoisotopic (exact) mass is 294 g/mol. The molecule has 0 amide bonds. The first-order chi connectivity index (χ1) is 9.54. The molecule has 0 saturated carbocycles. The minimum Gasteiger partial charge on any atom is -0.478 e. The fourth-order valence-corrected chi connectivity index (χ4v) is 0.446. The summed E-state index contributed by atoms with van der Waals surface area (Å²) >= 11 is 0. The Morgan fingerprint density at radius 1 is 0.667 bits per heavy atom. The van der Waals surface area contributed by atoms with Crippen LogP contribution in [0.15, 0.2) is 74.4 Å². The third-order valence-electron chi connectivity index (χ3n) is 1.61. The van der Waals surface area contributed by atoms with Gasteiger partial charge in [0.2, 0.25) is 0 Å². The average molecular weight is 294 g/mol. The van der Waals surface area contributed by atoms with Gasteiger partial charge in [-0.05, 0) is 11.1 Å². The van der Waals surface area contributed by atoms with Crippen molar-refractivity contribution in [3.8, 4) is 0 Å². The minimum absolute atomic E-state index is 0.0464. The zero-order valence-electron chi connectivity index (χ0n) is 11.5. The lowest BCUT2D eigenvalue weighted by molar-refractivity contribution is -0.133. The number of aliphatic carboxylic acids is 3. The highest BCUT2D eigenvalue weighted by atomic mass is 16.4. The third kappa shape index (κ3) is 16.9. The molecule has 21 heavy (non-hydrogen) atoms. The Labute approximate surface area is 123 Å². The van der Waals surface area contributed by atoms with E-state index in [4.69, 9.17) is 15.3 Å². The Morgan fingerprint density at radius 2 is 0.952 bits per heavy atom. The summed E-state index contributed by atoms with van der Waals surface area (Å²) in [7, 11) is 0. The average Bonchev–Trinajstić information content (AvgIpc) is 2.45. The Morgan fingerprint density at radius 3 is 1.10 bits per heavy atom. The van der Waals surface area contributed by atoms with Gasteiger partial charge in [-0.15, -0.1) is 0 Å². The van der Waals surface area contributed by atoms with Crippen molar-refractivity contribution in [2.45, 2.75) is 0 Å². The molecule has 0 aromatic carbocycles. The number of hydrogen-bond acceptors (Lipinski definition) is 3. The molecule has 0 fully saturated rings. The summed E-state index contributed by atoms with van der Waals surface area (Å²) in [5, 5.41) is 23.7. The zero-order chi connectivity index (χ0) is 17.6. The molecule has 0 aliphatic carbocycles. The highest BCUT2D eigenvalue weighted by Crippen LogP contribution is 2.14. The largest absolute Gasteiger partial charge is 0.478 e. The van der Waals surface area contributed by atoms with Crippen molar-refractivity contribution in [3.05, 3.63) is 74.4 Å². The molecule has 0 aromatic heterocycles. The van der Waals surface area contributed by atoms with E-state index < -0.39 is 17.9 Å². The number of hydrogen-bond donors (Lipinski definition) is 3. The molecular weight excluding hydrogens is 276 g/mol. The van der Waals surface area contributed by atoms with Crippen LogP contribution in [0.5, 0.6) is 0 Å². The zero-order valence-corrected chi connectivity index (χ0v) is 11.5. The molecule has 0 bridgehead atoms. The fraction of sp³-hybridized carbons (Fsp3) is 0. The van der Waals surface area contributed by atoms with Gasteiger partial charge in [0, 0.05) is 12.2 Å². The van der Waals surface area contributed by atoms with Gasteiger partial charge in [-0.25, -0.2) is 14.4 Å². The molecule has 0 radical (unpaired) electrons. The van der Waals surface area contributed by atoms with Gasteiger partial charge in [-0.2, -0.15) is 0 Å². The number of rotatable bonds is 6. The molecular formula is C15H18O6. The predicted molar refractivity (Wildman–Crippen MR) is 80.9 cm³/mol. The van der Waals surface area contributed by atoms with Crippen LogP contribution < -0.4 is 0 Å². The maximum atomic E-state index is 10.3. The summed E-state index contributed by atoms with van der Waals surface area (Å²) in [5.41, 5.74) is 0.750. The molecule has 0 spiro atoms. The normalized spacial score (nSPS) is 7.43. The van der Waals surface area contributed by atoms with E-state index >= 15 is 0 Å². The molecule has 0 aromatic rings. The first kappa shape index (κ1) is 23.0. The molecule has 0 unspecified atom stereocenters. The Kier molecular flexibility index (Phi) is 14.5. The number of carboxylic acid groups (broad SMARTS) is 3. The van der Waals surface area contributed by atoms with Crippen LogP contribution in [0.3, 0.4) is 0 Å².